The highest BCUT2D eigenvalue weighted by Crippen LogP contribution is 2.48. The first-order valence-electron chi connectivity index (χ1n) is 14.6. The van der Waals surface area contributed by atoms with Gasteiger partial charge < -0.3 is 4.57 Å². The quantitative estimate of drug-likeness (QED) is 0.211. The molecule has 3 aromatic heterocycles. The molecule has 0 fully saturated rings. The molecule has 6 heteroatoms. The fourth-order valence-electron chi connectivity index (χ4n) is 6.76. The maximum Gasteiger partial charge on any atom is 0.177 e. The van der Waals surface area contributed by atoms with Crippen LogP contribution in [0.2, 0.25) is 0 Å². The lowest BCUT2D eigenvalue weighted by Crippen LogP contribution is -1.97. The van der Waals surface area contributed by atoms with Crippen molar-refractivity contribution in [2.45, 2.75) is 0 Å². The number of hydrogen-bond donors (Lipinski definition) is 0. The number of nitrogens with zero attached hydrogens (tertiary/aromatic N) is 6. The standard InChI is InChI=1S/C39H20N6/c40-20-33-34(21-41)44-39-32-17-16-27(30-5-3-6-31(37(30)32)38(39)43-33)25-10-8-23(9-11-25)24-12-14-26(15-13-24)45-35-7-2-1-4-28(35)29-18-19-42-22-36(29)45/h1-19,22H. The molecule has 0 radical (unpaired) electrons. The molecule has 45 heavy (non-hydrogen) atoms. The second kappa shape index (κ2) is 9.44. The Morgan fingerprint density at radius 3 is 1.84 bits per heavy atom. The van der Waals surface area contributed by atoms with Gasteiger partial charge in [-0.05, 0) is 51.9 Å². The minimum absolute atomic E-state index is 0.0528. The second-order valence-electron chi connectivity index (χ2n) is 11.1. The fraction of sp³-hybridized carbons (Fsp3) is 0. The first-order valence-corrected chi connectivity index (χ1v) is 14.6. The highest BCUT2D eigenvalue weighted by atomic mass is 15.0. The van der Waals surface area contributed by atoms with Gasteiger partial charge in [0, 0.05) is 39.2 Å². The molecule has 8 aromatic rings. The van der Waals surface area contributed by atoms with Crippen LogP contribution in [0.5, 0.6) is 0 Å². The molecule has 0 amide bonds. The summed E-state index contributed by atoms with van der Waals surface area (Å²) in [6.07, 6.45) is 3.78. The predicted molar refractivity (Wildman–Crippen MR) is 176 cm³/mol. The average Bonchev–Trinajstić information content (AvgIpc) is 3.61. The van der Waals surface area contributed by atoms with Crippen LogP contribution in [0.1, 0.15) is 11.4 Å². The van der Waals surface area contributed by atoms with Crippen molar-refractivity contribution in [3.63, 3.8) is 0 Å². The zero-order valence-electron chi connectivity index (χ0n) is 23.7. The van der Waals surface area contributed by atoms with Gasteiger partial charge in [-0.25, -0.2) is 9.97 Å². The molecule has 0 saturated carbocycles. The van der Waals surface area contributed by atoms with Gasteiger partial charge in [-0.15, -0.1) is 0 Å². The number of benzene rings is 5. The first-order chi connectivity index (χ1) is 22.2. The van der Waals surface area contributed by atoms with E-state index in [-0.39, 0.29) is 11.4 Å². The predicted octanol–water partition coefficient (Wildman–Crippen LogP) is 8.85. The molecule has 0 saturated heterocycles. The summed E-state index contributed by atoms with van der Waals surface area (Å²) >= 11 is 0. The lowest BCUT2D eigenvalue weighted by Gasteiger charge is -2.11. The highest BCUT2D eigenvalue weighted by molar-refractivity contribution is 6.17. The number of aromatic nitrogens is 4. The van der Waals surface area contributed by atoms with Crippen LogP contribution in [0.25, 0.3) is 83.0 Å². The van der Waals surface area contributed by atoms with Crippen molar-refractivity contribution in [1.82, 2.24) is 19.5 Å². The third kappa shape index (κ3) is 3.57. The molecule has 206 valence electrons. The van der Waals surface area contributed by atoms with Gasteiger partial charge in [0.1, 0.15) is 12.1 Å². The lowest BCUT2D eigenvalue weighted by atomic mass is 9.93. The second-order valence-corrected chi connectivity index (χ2v) is 11.1. The Kier molecular flexibility index (Phi) is 5.23. The van der Waals surface area contributed by atoms with Crippen LogP contribution in [-0.4, -0.2) is 19.5 Å². The van der Waals surface area contributed by atoms with Crippen molar-refractivity contribution in [3.05, 3.63) is 133 Å². The molecule has 0 atom stereocenters. The van der Waals surface area contributed by atoms with Crippen LogP contribution in [0.3, 0.4) is 0 Å². The largest absolute Gasteiger partial charge is 0.308 e. The molecule has 0 N–H and O–H groups in total. The molecule has 0 spiro atoms. The van der Waals surface area contributed by atoms with Gasteiger partial charge >= 0.3 is 0 Å². The molecule has 3 heterocycles. The van der Waals surface area contributed by atoms with E-state index in [4.69, 9.17) is 0 Å². The van der Waals surface area contributed by atoms with Crippen LogP contribution in [0.4, 0.5) is 0 Å². The summed E-state index contributed by atoms with van der Waals surface area (Å²) in [4.78, 5) is 13.5. The Morgan fingerprint density at radius 1 is 0.511 bits per heavy atom. The van der Waals surface area contributed by atoms with E-state index >= 15 is 0 Å². The van der Waals surface area contributed by atoms with Gasteiger partial charge in [0.15, 0.2) is 11.4 Å². The molecule has 6 nitrogen and oxygen atoms in total. The number of para-hydroxylation sites is 1. The van der Waals surface area contributed by atoms with Crippen LogP contribution in [0, 0.1) is 22.7 Å². The minimum Gasteiger partial charge on any atom is -0.308 e. The molecule has 1 aliphatic carbocycles. The van der Waals surface area contributed by atoms with Crippen LogP contribution >= 0.6 is 0 Å². The zero-order valence-corrected chi connectivity index (χ0v) is 23.7. The normalized spacial score (nSPS) is 11.5. The maximum absolute atomic E-state index is 9.52. The van der Waals surface area contributed by atoms with Crippen LogP contribution in [-0.2, 0) is 0 Å². The first kappa shape index (κ1) is 24.9. The molecule has 0 aliphatic heterocycles. The van der Waals surface area contributed by atoms with Gasteiger partial charge in [0.25, 0.3) is 0 Å². The third-order valence-electron chi connectivity index (χ3n) is 8.79. The van der Waals surface area contributed by atoms with E-state index in [0.717, 1.165) is 60.9 Å². The van der Waals surface area contributed by atoms with Crippen molar-refractivity contribution < 1.29 is 0 Å². The van der Waals surface area contributed by atoms with Gasteiger partial charge in [-0.3, -0.25) is 4.98 Å². The molecular formula is C39H20N6. The number of nitriles is 2. The minimum atomic E-state index is 0.0528. The van der Waals surface area contributed by atoms with Crippen molar-refractivity contribution >= 4 is 32.6 Å². The van der Waals surface area contributed by atoms with E-state index in [1.54, 1.807) is 0 Å². The monoisotopic (exact) mass is 572 g/mol. The highest BCUT2D eigenvalue weighted by Gasteiger charge is 2.27. The lowest BCUT2D eigenvalue weighted by molar-refractivity contribution is 1.15. The van der Waals surface area contributed by atoms with E-state index in [2.05, 4.69) is 111 Å². The summed E-state index contributed by atoms with van der Waals surface area (Å²) in [6, 6.07) is 42.2. The Hall–Kier alpha value is -6.63. The van der Waals surface area contributed by atoms with E-state index in [1.165, 1.54) is 10.8 Å². The molecular weight excluding hydrogens is 552 g/mol. The average molecular weight is 573 g/mol. The van der Waals surface area contributed by atoms with Crippen LogP contribution in [0.15, 0.2) is 122 Å². The molecule has 0 unspecified atom stereocenters. The van der Waals surface area contributed by atoms with Gasteiger partial charge in [0.2, 0.25) is 0 Å². The Balaban J connectivity index is 1.09. The molecule has 9 rings (SSSR count). The smallest absolute Gasteiger partial charge is 0.177 e. The zero-order chi connectivity index (χ0) is 30.1. The van der Waals surface area contributed by atoms with E-state index in [0.29, 0.717) is 11.4 Å². The summed E-state index contributed by atoms with van der Waals surface area (Å²) in [5.74, 6) is 0. The van der Waals surface area contributed by atoms with E-state index in [9.17, 15) is 10.5 Å². The number of fused-ring (bicyclic) bond motifs is 6. The third-order valence-corrected chi connectivity index (χ3v) is 8.79. The Bertz CT molecular complexity index is 2500. The van der Waals surface area contributed by atoms with Crippen molar-refractivity contribution in [1.29, 1.82) is 10.5 Å². The van der Waals surface area contributed by atoms with Gasteiger partial charge in [0.05, 0.1) is 28.6 Å². The Labute approximate surface area is 257 Å². The summed E-state index contributed by atoms with van der Waals surface area (Å²) in [7, 11) is 0. The fourth-order valence-corrected chi connectivity index (χ4v) is 6.76. The number of pyridine rings is 1. The Morgan fingerprint density at radius 2 is 1.11 bits per heavy atom. The molecule has 0 bridgehead atoms. The number of rotatable bonds is 3. The van der Waals surface area contributed by atoms with E-state index < -0.39 is 0 Å². The summed E-state index contributed by atoms with van der Waals surface area (Å²) in [5, 5.41) is 23.6. The van der Waals surface area contributed by atoms with Crippen molar-refractivity contribution in [2.75, 3.05) is 0 Å². The van der Waals surface area contributed by atoms with Crippen LogP contribution < -0.4 is 0 Å². The van der Waals surface area contributed by atoms with Crippen molar-refractivity contribution in [3.8, 4) is 62.6 Å². The maximum atomic E-state index is 9.52. The van der Waals surface area contributed by atoms with Gasteiger partial charge in [-0.2, -0.15) is 10.5 Å². The summed E-state index contributed by atoms with van der Waals surface area (Å²) < 4.78 is 2.27. The van der Waals surface area contributed by atoms with E-state index in [1.807, 2.05) is 42.7 Å². The molecule has 5 aromatic carbocycles. The topological polar surface area (TPSA) is 91.2 Å². The summed E-state index contributed by atoms with van der Waals surface area (Å²) in [5.41, 5.74) is 11.1. The van der Waals surface area contributed by atoms with Gasteiger partial charge in [-0.1, -0.05) is 84.9 Å². The SMILES string of the molecule is N#Cc1nc2c(nc1C#N)-c1ccc(-c3ccc(-c4ccc(-n5c6ccccc6c6ccncc65)cc4)cc3)c3cccc-2c13. The summed E-state index contributed by atoms with van der Waals surface area (Å²) in [6.45, 7) is 0. The number of hydrogen-bond acceptors (Lipinski definition) is 5. The molecule has 1 aliphatic rings. The van der Waals surface area contributed by atoms with Crippen molar-refractivity contribution in [2.24, 2.45) is 0 Å².